The Kier molecular flexibility index (Phi) is 3.75. The quantitative estimate of drug-likeness (QED) is 0.801. The third-order valence-electron chi connectivity index (χ3n) is 2.94. The Bertz CT molecular complexity index is 274. The van der Waals surface area contributed by atoms with Crippen molar-refractivity contribution in [1.29, 1.82) is 0 Å². The summed E-state index contributed by atoms with van der Waals surface area (Å²) in [5.41, 5.74) is 0. The van der Waals surface area contributed by atoms with Gasteiger partial charge >= 0.3 is 0 Å². The lowest BCUT2D eigenvalue weighted by Crippen LogP contribution is -2.27. The van der Waals surface area contributed by atoms with Gasteiger partial charge in [-0.2, -0.15) is 0 Å². The van der Waals surface area contributed by atoms with E-state index < -0.39 is 0 Å². The molecule has 2 heterocycles. The molecule has 1 aromatic heterocycles. The maximum absolute atomic E-state index is 5.63. The van der Waals surface area contributed by atoms with Gasteiger partial charge in [-0.15, -0.1) is 0 Å². The number of nitrogens with one attached hydrogen (secondary N) is 1. The molecule has 0 saturated carbocycles. The number of aromatic nitrogens is 1. The number of ether oxygens (including phenoxy) is 1. The summed E-state index contributed by atoms with van der Waals surface area (Å²) < 4.78 is 10.8. The van der Waals surface area contributed by atoms with Gasteiger partial charge < -0.3 is 14.5 Å². The summed E-state index contributed by atoms with van der Waals surface area (Å²) in [5.74, 6) is 1.54. The van der Waals surface area contributed by atoms with Crippen LogP contribution in [0.5, 0.6) is 0 Å². The van der Waals surface area contributed by atoms with E-state index in [1.807, 2.05) is 0 Å². The first-order valence-electron chi connectivity index (χ1n) is 5.60. The van der Waals surface area contributed by atoms with Crippen LogP contribution in [0.25, 0.3) is 0 Å². The first-order chi connectivity index (χ1) is 7.40. The number of rotatable bonds is 5. The van der Waals surface area contributed by atoms with Crippen LogP contribution in [0.2, 0.25) is 0 Å². The summed E-state index contributed by atoms with van der Waals surface area (Å²) in [6.45, 7) is 4.85. The van der Waals surface area contributed by atoms with E-state index in [1.165, 1.54) is 12.8 Å². The number of hydrogen-bond acceptors (Lipinski definition) is 4. The van der Waals surface area contributed by atoms with E-state index in [0.29, 0.717) is 12.0 Å². The van der Waals surface area contributed by atoms with E-state index in [2.05, 4.69) is 17.2 Å². The van der Waals surface area contributed by atoms with Crippen LogP contribution in [0.4, 0.5) is 0 Å². The molecular weight excluding hydrogens is 192 g/mol. The minimum Gasteiger partial charge on any atom is -0.447 e. The van der Waals surface area contributed by atoms with Crippen molar-refractivity contribution < 1.29 is 9.15 Å². The fourth-order valence-corrected chi connectivity index (χ4v) is 2.09. The Hall–Kier alpha value is -0.870. The van der Waals surface area contributed by atoms with Crippen LogP contribution in [0.3, 0.4) is 0 Å². The number of nitrogens with zero attached hydrogens (tertiary/aromatic N) is 1. The van der Waals surface area contributed by atoms with Crippen molar-refractivity contribution in [2.24, 2.45) is 5.92 Å². The zero-order chi connectivity index (χ0) is 10.5. The lowest BCUT2D eigenvalue weighted by Gasteiger charge is -2.16. The van der Waals surface area contributed by atoms with E-state index in [4.69, 9.17) is 9.15 Å². The SMILES string of the molecule is CCC1OCCC1CNCc1cnco1. The van der Waals surface area contributed by atoms with Crippen LogP contribution in [0.15, 0.2) is 17.0 Å². The molecule has 0 aromatic carbocycles. The molecule has 1 aliphatic heterocycles. The zero-order valence-electron chi connectivity index (χ0n) is 9.11. The van der Waals surface area contributed by atoms with Gasteiger partial charge in [-0.3, -0.25) is 0 Å². The Labute approximate surface area is 90.0 Å². The lowest BCUT2D eigenvalue weighted by atomic mass is 10.00. The standard InChI is InChI=1S/C11H18N2O2/c1-2-11-9(3-4-14-11)5-12-6-10-7-13-8-15-10/h7-9,11-12H,2-6H2,1H3. The fraction of sp³-hybridized carbons (Fsp3) is 0.727. The lowest BCUT2D eigenvalue weighted by molar-refractivity contribution is 0.0871. The third kappa shape index (κ3) is 2.79. The second kappa shape index (κ2) is 5.28. The highest BCUT2D eigenvalue weighted by atomic mass is 16.5. The molecule has 4 nitrogen and oxygen atoms in total. The second-order valence-corrected chi connectivity index (χ2v) is 3.96. The zero-order valence-corrected chi connectivity index (χ0v) is 9.11. The second-order valence-electron chi connectivity index (χ2n) is 3.96. The highest BCUT2D eigenvalue weighted by Crippen LogP contribution is 2.22. The summed E-state index contributed by atoms with van der Waals surface area (Å²) in [4.78, 5) is 3.87. The fourth-order valence-electron chi connectivity index (χ4n) is 2.09. The molecule has 1 aliphatic rings. The van der Waals surface area contributed by atoms with Gasteiger partial charge in [0.15, 0.2) is 6.39 Å². The molecule has 0 amide bonds. The van der Waals surface area contributed by atoms with Crippen LogP contribution < -0.4 is 5.32 Å². The van der Waals surface area contributed by atoms with Crippen molar-refractivity contribution in [2.75, 3.05) is 13.2 Å². The van der Waals surface area contributed by atoms with E-state index in [-0.39, 0.29) is 0 Å². The Morgan fingerprint density at radius 2 is 2.53 bits per heavy atom. The molecule has 0 aliphatic carbocycles. The predicted molar refractivity (Wildman–Crippen MR) is 56.3 cm³/mol. The minimum absolute atomic E-state index is 0.437. The van der Waals surface area contributed by atoms with Crippen LogP contribution in [-0.4, -0.2) is 24.2 Å². The normalized spacial score (nSPS) is 25.9. The van der Waals surface area contributed by atoms with Gasteiger partial charge in [0.25, 0.3) is 0 Å². The van der Waals surface area contributed by atoms with Gasteiger partial charge in [-0.05, 0) is 18.8 Å². The van der Waals surface area contributed by atoms with E-state index in [9.17, 15) is 0 Å². The molecule has 2 rings (SSSR count). The molecule has 15 heavy (non-hydrogen) atoms. The van der Waals surface area contributed by atoms with Crippen molar-refractivity contribution in [2.45, 2.75) is 32.4 Å². The average molecular weight is 210 g/mol. The van der Waals surface area contributed by atoms with Crippen LogP contribution in [0, 0.1) is 5.92 Å². The van der Waals surface area contributed by atoms with E-state index >= 15 is 0 Å². The summed E-state index contributed by atoms with van der Waals surface area (Å²) in [6, 6.07) is 0. The van der Waals surface area contributed by atoms with Gasteiger partial charge in [0.05, 0.1) is 18.8 Å². The summed E-state index contributed by atoms with van der Waals surface area (Å²) in [5, 5.41) is 3.38. The Balaban J connectivity index is 1.69. The first kappa shape index (κ1) is 10.6. The molecule has 2 unspecified atom stereocenters. The van der Waals surface area contributed by atoms with E-state index in [1.54, 1.807) is 6.20 Å². The highest BCUT2D eigenvalue weighted by Gasteiger charge is 2.25. The number of oxazole rings is 1. The van der Waals surface area contributed by atoms with Crippen LogP contribution in [-0.2, 0) is 11.3 Å². The Morgan fingerprint density at radius 1 is 1.60 bits per heavy atom. The molecule has 0 radical (unpaired) electrons. The van der Waals surface area contributed by atoms with Crippen molar-refractivity contribution in [3.05, 3.63) is 18.4 Å². The molecule has 84 valence electrons. The maximum atomic E-state index is 5.63. The summed E-state index contributed by atoms with van der Waals surface area (Å²) in [6.07, 6.45) is 5.92. The molecule has 4 heteroatoms. The van der Waals surface area contributed by atoms with Gasteiger partial charge in [0, 0.05) is 13.2 Å². The molecule has 0 bridgehead atoms. The molecule has 2 atom stereocenters. The smallest absolute Gasteiger partial charge is 0.180 e. The maximum Gasteiger partial charge on any atom is 0.180 e. The largest absolute Gasteiger partial charge is 0.447 e. The number of hydrogen-bond donors (Lipinski definition) is 1. The van der Waals surface area contributed by atoms with Crippen molar-refractivity contribution in [3.8, 4) is 0 Å². The Morgan fingerprint density at radius 3 is 3.27 bits per heavy atom. The minimum atomic E-state index is 0.437. The van der Waals surface area contributed by atoms with Crippen LogP contribution in [0.1, 0.15) is 25.5 Å². The van der Waals surface area contributed by atoms with Crippen molar-refractivity contribution >= 4 is 0 Å². The molecule has 1 fully saturated rings. The molecule has 1 aromatic rings. The van der Waals surface area contributed by atoms with Gasteiger partial charge in [-0.25, -0.2) is 4.98 Å². The molecule has 1 saturated heterocycles. The first-order valence-corrected chi connectivity index (χ1v) is 5.60. The van der Waals surface area contributed by atoms with E-state index in [0.717, 1.165) is 31.9 Å². The van der Waals surface area contributed by atoms with Crippen molar-refractivity contribution in [1.82, 2.24) is 10.3 Å². The predicted octanol–water partition coefficient (Wildman–Crippen LogP) is 1.58. The van der Waals surface area contributed by atoms with Gasteiger partial charge in [0.1, 0.15) is 5.76 Å². The monoisotopic (exact) mass is 210 g/mol. The molecular formula is C11H18N2O2. The molecule has 0 spiro atoms. The highest BCUT2D eigenvalue weighted by molar-refractivity contribution is 4.87. The molecule has 1 N–H and O–H groups in total. The topological polar surface area (TPSA) is 47.3 Å². The van der Waals surface area contributed by atoms with Crippen molar-refractivity contribution in [3.63, 3.8) is 0 Å². The summed E-state index contributed by atoms with van der Waals surface area (Å²) in [7, 11) is 0. The van der Waals surface area contributed by atoms with Gasteiger partial charge in [-0.1, -0.05) is 6.92 Å². The summed E-state index contributed by atoms with van der Waals surface area (Å²) >= 11 is 0. The average Bonchev–Trinajstić information content (AvgIpc) is 2.88. The van der Waals surface area contributed by atoms with Crippen LogP contribution >= 0.6 is 0 Å². The third-order valence-corrected chi connectivity index (χ3v) is 2.94. The van der Waals surface area contributed by atoms with Gasteiger partial charge in [0.2, 0.25) is 0 Å².